The third-order valence-corrected chi connectivity index (χ3v) is 4.50. The Morgan fingerprint density at radius 2 is 1.89 bits per heavy atom. The smallest absolute Gasteiger partial charge is 0.0962 e. The summed E-state index contributed by atoms with van der Waals surface area (Å²) in [6.07, 6.45) is 0. The maximum atomic E-state index is 10.5. The molecule has 1 unspecified atom stereocenters. The zero-order chi connectivity index (χ0) is 13.9. The van der Waals surface area contributed by atoms with Gasteiger partial charge in [-0.3, -0.25) is 0 Å². The number of benzene rings is 2. The second-order valence-corrected chi connectivity index (χ2v) is 6.06. The fourth-order valence-corrected chi connectivity index (χ4v) is 2.92. The lowest BCUT2D eigenvalue weighted by Gasteiger charge is -2.23. The average molecular weight is 294 g/mol. The van der Waals surface area contributed by atoms with Crippen LogP contribution in [0.25, 0.3) is 0 Å². The molecule has 0 aliphatic heterocycles. The summed E-state index contributed by atoms with van der Waals surface area (Å²) < 4.78 is 0. The molecule has 0 heterocycles. The minimum absolute atomic E-state index is 0.531. The van der Waals surface area contributed by atoms with Gasteiger partial charge in [-0.1, -0.05) is 41.9 Å². The molecule has 3 N–H and O–H groups in total. The van der Waals surface area contributed by atoms with Crippen LogP contribution in [0.4, 0.5) is 5.69 Å². The van der Waals surface area contributed by atoms with Crippen LogP contribution in [0, 0.1) is 0 Å². The number of halogens is 1. The molecule has 0 aliphatic rings. The van der Waals surface area contributed by atoms with Gasteiger partial charge in [-0.05, 0) is 30.7 Å². The molecule has 0 saturated heterocycles. The van der Waals surface area contributed by atoms with Crippen molar-refractivity contribution in [1.82, 2.24) is 0 Å². The zero-order valence-electron chi connectivity index (χ0n) is 10.6. The van der Waals surface area contributed by atoms with E-state index in [1.54, 1.807) is 19.1 Å². The van der Waals surface area contributed by atoms with Crippen molar-refractivity contribution in [2.24, 2.45) is 0 Å². The molecule has 2 nitrogen and oxygen atoms in total. The van der Waals surface area contributed by atoms with Gasteiger partial charge in [0.1, 0.15) is 0 Å². The summed E-state index contributed by atoms with van der Waals surface area (Å²) in [6, 6.07) is 15.0. The van der Waals surface area contributed by atoms with Gasteiger partial charge in [0.25, 0.3) is 0 Å². The summed E-state index contributed by atoms with van der Waals surface area (Å²) in [5, 5.41) is 11.1. The highest BCUT2D eigenvalue weighted by molar-refractivity contribution is 7.99. The minimum atomic E-state index is -0.891. The van der Waals surface area contributed by atoms with Gasteiger partial charge in [0.2, 0.25) is 0 Å². The average Bonchev–Trinajstić information content (AvgIpc) is 2.39. The van der Waals surface area contributed by atoms with Crippen molar-refractivity contribution in [2.45, 2.75) is 17.4 Å². The number of hydrogen-bond donors (Lipinski definition) is 2. The Bertz CT molecular complexity index is 557. The van der Waals surface area contributed by atoms with Crippen LogP contribution < -0.4 is 5.73 Å². The monoisotopic (exact) mass is 293 g/mol. The van der Waals surface area contributed by atoms with Crippen LogP contribution in [-0.2, 0) is 5.60 Å². The molecule has 1 atom stereocenters. The molecule has 2 aromatic rings. The van der Waals surface area contributed by atoms with Gasteiger partial charge in [0.15, 0.2) is 0 Å². The standard InChI is InChI=1S/C15H16ClNOS/c1-15(18,11-5-3-2-4-6-11)10-19-14-8-7-12(16)9-13(14)17/h2-9,18H,10,17H2,1H3. The van der Waals surface area contributed by atoms with E-state index in [1.165, 1.54) is 11.8 Å². The largest absolute Gasteiger partial charge is 0.398 e. The van der Waals surface area contributed by atoms with E-state index in [1.807, 2.05) is 36.4 Å². The fourth-order valence-electron chi connectivity index (χ4n) is 1.75. The van der Waals surface area contributed by atoms with Gasteiger partial charge in [-0.2, -0.15) is 0 Å². The number of thioether (sulfide) groups is 1. The number of hydrogen-bond acceptors (Lipinski definition) is 3. The molecular weight excluding hydrogens is 278 g/mol. The normalized spacial score (nSPS) is 14.1. The van der Waals surface area contributed by atoms with Crippen LogP contribution in [0.3, 0.4) is 0 Å². The number of rotatable bonds is 4. The second kappa shape index (κ2) is 5.87. The molecule has 0 amide bonds. The van der Waals surface area contributed by atoms with E-state index in [0.717, 1.165) is 10.5 Å². The molecule has 2 rings (SSSR count). The van der Waals surface area contributed by atoms with E-state index in [9.17, 15) is 5.11 Å². The van der Waals surface area contributed by atoms with Crippen molar-refractivity contribution in [3.05, 3.63) is 59.1 Å². The first-order chi connectivity index (χ1) is 8.99. The van der Waals surface area contributed by atoms with Gasteiger partial charge < -0.3 is 10.8 Å². The van der Waals surface area contributed by atoms with Gasteiger partial charge >= 0.3 is 0 Å². The van der Waals surface area contributed by atoms with Crippen molar-refractivity contribution in [3.63, 3.8) is 0 Å². The predicted octanol–water partition coefficient (Wildman–Crippen LogP) is 3.92. The molecule has 19 heavy (non-hydrogen) atoms. The summed E-state index contributed by atoms with van der Waals surface area (Å²) in [6.45, 7) is 1.81. The molecule has 0 bridgehead atoms. The Balaban J connectivity index is 2.09. The van der Waals surface area contributed by atoms with Crippen LogP contribution in [0.5, 0.6) is 0 Å². The van der Waals surface area contributed by atoms with E-state index in [-0.39, 0.29) is 0 Å². The first-order valence-corrected chi connectivity index (χ1v) is 7.31. The Morgan fingerprint density at radius 1 is 1.21 bits per heavy atom. The molecule has 0 spiro atoms. The third kappa shape index (κ3) is 3.66. The van der Waals surface area contributed by atoms with Crippen LogP contribution in [0.1, 0.15) is 12.5 Å². The van der Waals surface area contributed by atoms with E-state index in [4.69, 9.17) is 17.3 Å². The van der Waals surface area contributed by atoms with Crippen LogP contribution in [-0.4, -0.2) is 10.9 Å². The molecule has 0 radical (unpaired) electrons. The highest BCUT2D eigenvalue weighted by Crippen LogP contribution is 2.33. The van der Waals surface area contributed by atoms with Crippen LogP contribution in [0.2, 0.25) is 5.02 Å². The van der Waals surface area contributed by atoms with E-state index in [2.05, 4.69) is 0 Å². The number of nitrogens with two attached hydrogens (primary N) is 1. The van der Waals surface area contributed by atoms with Crippen LogP contribution in [0.15, 0.2) is 53.4 Å². The Hall–Kier alpha value is -1.16. The quantitative estimate of drug-likeness (QED) is 0.663. The van der Waals surface area contributed by atoms with E-state index < -0.39 is 5.60 Å². The predicted molar refractivity (Wildman–Crippen MR) is 82.6 cm³/mol. The third-order valence-electron chi connectivity index (χ3n) is 2.88. The highest BCUT2D eigenvalue weighted by Gasteiger charge is 2.23. The zero-order valence-corrected chi connectivity index (χ0v) is 12.2. The van der Waals surface area contributed by atoms with Crippen molar-refractivity contribution in [3.8, 4) is 0 Å². The Kier molecular flexibility index (Phi) is 4.40. The van der Waals surface area contributed by atoms with Crippen molar-refractivity contribution < 1.29 is 5.11 Å². The van der Waals surface area contributed by atoms with Gasteiger partial charge in [-0.25, -0.2) is 0 Å². The molecule has 4 heteroatoms. The van der Waals surface area contributed by atoms with Crippen molar-refractivity contribution in [2.75, 3.05) is 11.5 Å². The molecule has 100 valence electrons. The van der Waals surface area contributed by atoms with Gasteiger partial charge in [0.05, 0.1) is 5.60 Å². The maximum Gasteiger partial charge on any atom is 0.0962 e. The van der Waals surface area contributed by atoms with Crippen molar-refractivity contribution in [1.29, 1.82) is 0 Å². The molecule has 0 aliphatic carbocycles. The minimum Gasteiger partial charge on any atom is -0.398 e. The maximum absolute atomic E-state index is 10.5. The summed E-state index contributed by atoms with van der Waals surface area (Å²) in [4.78, 5) is 0.931. The molecular formula is C15H16ClNOS. The summed E-state index contributed by atoms with van der Waals surface area (Å²) >= 11 is 7.39. The molecule has 0 aromatic heterocycles. The first kappa shape index (κ1) is 14.3. The van der Waals surface area contributed by atoms with E-state index >= 15 is 0 Å². The number of nitrogen functional groups attached to an aromatic ring is 1. The Morgan fingerprint density at radius 3 is 2.53 bits per heavy atom. The lowest BCUT2D eigenvalue weighted by Crippen LogP contribution is -2.24. The van der Waals surface area contributed by atoms with E-state index in [0.29, 0.717) is 16.5 Å². The summed E-state index contributed by atoms with van der Waals surface area (Å²) in [5.41, 5.74) is 6.55. The number of anilines is 1. The molecule has 0 fully saturated rings. The topological polar surface area (TPSA) is 46.2 Å². The first-order valence-electron chi connectivity index (χ1n) is 5.95. The van der Waals surface area contributed by atoms with Crippen LogP contribution >= 0.6 is 23.4 Å². The Labute approximate surface area is 122 Å². The van der Waals surface area contributed by atoms with Gasteiger partial charge in [0, 0.05) is 21.4 Å². The SMILES string of the molecule is CC(O)(CSc1ccc(Cl)cc1N)c1ccccc1. The molecule has 2 aromatic carbocycles. The van der Waals surface area contributed by atoms with Crippen molar-refractivity contribution >= 4 is 29.1 Å². The highest BCUT2D eigenvalue weighted by atomic mass is 35.5. The fraction of sp³-hybridized carbons (Fsp3) is 0.200. The second-order valence-electron chi connectivity index (χ2n) is 4.61. The summed E-state index contributed by atoms with van der Waals surface area (Å²) in [5.74, 6) is 0.531. The molecule has 0 saturated carbocycles. The number of aliphatic hydroxyl groups is 1. The van der Waals surface area contributed by atoms with Gasteiger partial charge in [-0.15, -0.1) is 11.8 Å². The summed E-state index contributed by atoms with van der Waals surface area (Å²) in [7, 11) is 0. The lowest BCUT2D eigenvalue weighted by molar-refractivity contribution is 0.0839. The lowest BCUT2D eigenvalue weighted by atomic mass is 9.99.